The van der Waals surface area contributed by atoms with Crippen molar-refractivity contribution in [2.24, 2.45) is 5.73 Å². The summed E-state index contributed by atoms with van der Waals surface area (Å²) in [6.07, 6.45) is 12.9. The van der Waals surface area contributed by atoms with Crippen molar-refractivity contribution in [3.05, 3.63) is 30.4 Å². The van der Waals surface area contributed by atoms with Crippen molar-refractivity contribution in [3.63, 3.8) is 0 Å². The predicted molar refractivity (Wildman–Crippen MR) is 57.0 cm³/mol. The van der Waals surface area contributed by atoms with Crippen LogP contribution in [-0.4, -0.2) is 16.1 Å². The molecule has 1 heterocycles. The molecule has 2 rings (SSSR count). The lowest BCUT2D eigenvalue weighted by Crippen LogP contribution is -2.14. The van der Waals surface area contributed by atoms with E-state index < -0.39 is 0 Å². The Morgan fingerprint density at radius 3 is 3.14 bits per heavy atom. The third-order valence-corrected chi connectivity index (χ3v) is 2.78. The predicted octanol–water partition coefficient (Wildman–Crippen LogP) is 1.67. The van der Waals surface area contributed by atoms with E-state index in [2.05, 4.69) is 21.7 Å². The van der Waals surface area contributed by atoms with Gasteiger partial charge in [0.25, 0.3) is 0 Å². The molecule has 0 aliphatic heterocycles. The Labute approximate surface area is 84.6 Å². The standard InChI is InChI=1S/C11H17N3/c12-7-6-11-8-13-9-14(11)10-4-2-1-3-5-10/h1-2,8-10H,3-7,12H2. The van der Waals surface area contributed by atoms with Gasteiger partial charge in [0.15, 0.2) is 0 Å². The number of aromatic nitrogens is 2. The first-order valence-corrected chi connectivity index (χ1v) is 5.27. The molecule has 1 aliphatic carbocycles. The van der Waals surface area contributed by atoms with Crippen LogP contribution in [0.4, 0.5) is 0 Å². The van der Waals surface area contributed by atoms with E-state index in [-0.39, 0.29) is 0 Å². The fourth-order valence-corrected chi connectivity index (χ4v) is 2.03. The normalized spacial score (nSPS) is 21.4. The number of nitrogens with two attached hydrogens (primary N) is 1. The Kier molecular flexibility index (Phi) is 2.99. The second kappa shape index (κ2) is 4.42. The number of rotatable bonds is 3. The van der Waals surface area contributed by atoms with Gasteiger partial charge in [-0.2, -0.15) is 0 Å². The zero-order valence-electron chi connectivity index (χ0n) is 8.39. The van der Waals surface area contributed by atoms with Gasteiger partial charge in [-0.3, -0.25) is 0 Å². The molecule has 1 unspecified atom stereocenters. The molecule has 1 aromatic heterocycles. The van der Waals surface area contributed by atoms with Crippen molar-refractivity contribution in [1.82, 2.24) is 9.55 Å². The van der Waals surface area contributed by atoms with Crippen molar-refractivity contribution < 1.29 is 0 Å². The Morgan fingerprint density at radius 1 is 1.50 bits per heavy atom. The van der Waals surface area contributed by atoms with Crippen LogP contribution in [0.2, 0.25) is 0 Å². The molecular weight excluding hydrogens is 174 g/mol. The Bertz CT molecular complexity index is 314. The van der Waals surface area contributed by atoms with Gasteiger partial charge >= 0.3 is 0 Å². The van der Waals surface area contributed by atoms with Crippen LogP contribution in [0.25, 0.3) is 0 Å². The second-order valence-electron chi connectivity index (χ2n) is 3.77. The third-order valence-electron chi connectivity index (χ3n) is 2.78. The smallest absolute Gasteiger partial charge is 0.0950 e. The highest BCUT2D eigenvalue weighted by molar-refractivity contribution is 5.04. The molecule has 0 radical (unpaired) electrons. The summed E-state index contributed by atoms with van der Waals surface area (Å²) >= 11 is 0. The van der Waals surface area contributed by atoms with Crippen molar-refractivity contribution in [3.8, 4) is 0 Å². The summed E-state index contributed by atoms with van der Waals surface area (Å²) in [4.78, 5) is 4.20. The van der Waals surface area contributed by atoms with E-state index in [1.807, 2.05) is 12.5 Å². The number of hydrogen-bond donors (Lipinski definition) is 1. The van der Waals surface area contributed by atoms with E-state index in [1.54, 1.807) is 0 Å². The Morgan fingerprint density at radius 2 is 2.43 bits per heavy atom. The van der Waals surface area contributed by atoms with Gasteiger partial charge < -0.3 is 10.3 Å². The first-order chi connectivity index (χ1) is 6.92. The minimum atomic E-state index is 0.601. The lowest BCUT2D eigenvalue weighted by molar-refractivity contribution is 0.448. The van der Waals surface area contributed by atoms with Gasteiger partial charge in [-0.25, -0.2) is 4.98 Å². The van der Waals surface area contributed by atoms with Crippen LogP contribution >= 0.6 is 0 Å². The monoisotopic (exact) mass is 191 g/mol. The SMILES string of the molecule is NCCc1cncn1C1CC=CCC1. The largest absolute Gasteiger partial charge is 0.331 e. The maximum absolute atomic E-state index is 5.56. The van der Waals surface area contributed by atoms with Crippen LogP contribution in [0.1, 0.15) is 31.0 Å². The highest BCUT2D eigenvalue weighted by Crippen LogP contribution is 2.24. The van der Waals surface area contributed by atoms with Crippen LogP contribution in [-0.2, 0) is 6.42 Å². The quantitative estimate of drug-likeness (QED) is 0.738. The average molecular weight is 191 g/mol. The summed E-state index contributed by atoms with van der Waals surface area (Å²) in [7, 11) is 0. The minimum absolute atomic E-state index is 0.601. The van der Waals surface area contributed by atoms with E-state index in [9.17, 15) is 0 Å². The molecule has 0 fully saturated rings. The van der Waals surface area contributed by atoms with E-state index in [0.717, 1.165) is 12.8 Å². The zero-order valence-corrected chi connectivity index (χ0v) is 8.39. The summed E-state index contributed by atoms with van der Waals surface area (Å²) in [5.74, 6) is 0. The summed E-state index contributed by atoms with van der Waals surface area (Å²) in [6, 6.07) is 0.601. The summed E-state index contributed by atoms with van der Waals surface area (Å²) in [6.45, 7) is 0.703. The second-order valence-corrected chi connectivity index (χ2v) is 3.77. The maximum atomic E-state index is 5.56. The Hall–Kier alpha value is -1.09. The maximum Gasteiger partial charge on any atom is 0.0950 e. The van der Waals surface area contributed by atoms with E-state index in [4.69, 9.17) is 5.73 Å². The highest BCUT2D eigenvalue weighted by atomic mass is 15.1. The van der Waals surface area contributed by atoms with Gasteiger partial charge in [-0.05, 0) is 25.8 Å². The first-order valence-electron chi connectivity index (χ1n) is 5.27. The molecule has 0 spiro atoms. The van der Waals surface area contributed by atoms with Crippen molar-refractivity contribution in [2.75, 3.05) is 6.54 Å². The molecule has 1 aliphatic rings. The van der Waals surface area contributed by atoms with Crippen molar-refractivity contribution >= 4 is 0 Å². The minimum Gasteiger partial charge on any atom is -0.331 e. The number of allylic oxidation sites excluding steroid dienone is 2. The molecule has 76 valence electrons. The van der Waals surface area contributed by atoms with Gasteiger partial charge in [-0.1, -0.05) is 12.2 Å². The van der Waals surface area contributed by atoms with Gasteiger partial charge in [-0.15, -0.1) is 0 Å². The average Bonchev–Trinajstić information content (AvgIpc) is 2.68. The van der Waals surface area contributed by atoms with Crippen LogP contribution < -0.4 is 5.73 Å². The molecule has 3 heteroatoms. The van der Waals surface area contributed by atoms with E-state index in [0.29, 0.717) is 12.6 Å². The molecule has 0 amide bonds. The van der Waals surface area contributed by atoms with Gasteiger partial charge in [0.2, 0.25) is 0 Å². The van der Waals surface area contributed by atoms with Crippen LogP contribution in [0.5, 0.6) is 0 Å². The molecule has 1 aromatic rings. The number of imidazole rings is 1. The van der Waals surface area contributed by atoms with Crippen LogP contribution in [0.3, 0.4) is 0 Å². The highest BCUT2D eigenvalue weighted by Gasteiger charge is 2.13. The molecule has 2 N–H and O–H groups in total. The topological polar surface area (TPSA) is 43.8 Å². The van der Waals surface area contributed by atoms with Crippen LogP contribution in [0.15, 0.2) is 24.7 Å². The summed E-state index contributed by atoms with van der Waals surface area (Å²) in [5.41, 5.74) is 6.83. The lowest BCUT2D eigenvalue weighted by atomic mass is 10.0. The molecular formula is C11H17N3. The van der Waals surface area contributed by atoms with E-state index in [1.165, 1.54) is 18.5 Å². The zero-order chi connectivity index (χ0) is 9.80. The molecule has 0 saturated carbocycles. The van der Waals surface area contributed by atoms with Gasteiger partial charge in [0.1, 0.15) is 0 Å². The van der Waals surface area contributed by atoms with Crippen LogP contribution in [0, 0.1) is 0 Å². The fraction of sp³-hybridized carbons (Fsp3) is 0.545. The number of hydrogen-bond acceptors (Lipinski definition) is 2. The fourth-order valence-electron chi connectivity index (χ4n) is 2.03. The van der Waals surface area contributed by atoms with Crippen molar-refractivity contribution in [2.45, 2.75) is 31.7 Å². The molecule has 1 atom stereocenters. The lowest BCUT2D eigenvalue weighted by Gasteiger charge is -2.21. The first kappa shape index (κ1) is 9.46. The van der Waals surface area contributed by atoms with Gasteiger partial charge in [0, 0.05) is 24.4 Å². The Balaban J connectivity index is 2.13. The van der Waals surface area contributed by atoms with Crippen molar-refractivity contribution in [1.29, 1.82) is 0 Å². The molecule has 14 heavy (non-hydrogen) atoms. The summed E-state index contributed by atoms with van der Waals surface area (Å²) < 4.78 is 2.29. The molecule has 3 nitrogen and oxygen atoms in total. The molecule has 0 bridgehead atoms. The number of nitrogens with zero attached hydrogens (tertiary/aromatic N) is 2. The summed E-state index contributed by atoms with van der Waals surface area (Å²) in [5, 5.41) is 0. The van der Waals surface area contributed by atoms with Gasteiger partial charge in [0.05, 0.1) is 6.33 Å². The third kappa shape index (κ3) is 1.87. The molecule has 0 aromatic carbocycles. The molecule has 0 saturated heterocycles. The van der Waals surface area contributed by atoms with E-state index >= 15 is 0 Å².